The van der Waals surface area contributed by atoms with Gasteiger partial charge in [-0.15, -0.1) is 0 Å². The van der Waals surface area contributed by atoms with Gasteiger partial charge in [-0.2, -0.15) is 0 Å². The van der Waals surface area contributed by atoms with E-state index in [4.69, 9.17) is 4.74 Å². The summed E-state index contributed by atoms with van der Waals surface area (Å²) in [4.78, 5) is 30.4. The molecule has 186 valence electrons. The molecule has 1 aromatic heterocycles. The standard InChI is InChI=1S/C27H30BN3O5/c32-26(21-14-15-25(29-18-21)36-22-12-5-2-6-13-22)30-23(16-19-8-3-1-4-9-19)27(33)31-24(28(34)35)17-20-10-7-11-20/h1-6,8-9,12-15,18,20,23-24,34-35H,7,10-11,16-17H2,(H,30,32)(H,31,33)/t23-,24-/m0/s1. The van der Waals surface area contributed by atoms with Crippen LogP contribution in [0.2, 0.25) is 0 Å². The lowest BCUT2D eigenvalue weighted by Crippen LogP contribution is -2.55. The Bertz CT molecular complexity index is 1130. The molecule has 8 nitrogen and oxygen atoms in total. The highest BCUT2D eigenvalue weighted by molar-refractivity contribution is 6.43. The van der Waals surface area contributed by atoms with Crippen LogP contribution < -0.4 is 15.4 Å². The second-order valence-electron chi connectivity index (χ2n) is 9.08. The molecule has 36 heavy (non-hydrogen) atoms. The molecule has 4 N–H and O–H groups in total. The molecular formula is C27H30BN3O5. The van der Waals surface area contributed by atoms with Crippen LogP contribution >= 0.6 is 0 Å². The van der Waals surface area contributed by atoms with E-state index in [1.54, 1.807) is 24.3 Å². The second-order valence-corrected chi connectivity index (χ2v) is 9.08. The van der Waals surface area contributed by atoms with E-state index in [1.807, 2.05) is 48.5 Å². The summed E-state index contributed by atoms with van der Waals surface area (Å²) in [6, 6.07) is 20.8. The van der Waals surface area contributed by atoms with Crippen molar-refractivity contribution in [2.75, 3.05) is 0 Å². The van der Waals surface area contributed by atoms with Crippen LogP contribution in [0, 0.1) is 5.92 Å². The van der Waals surface area contributed by atoms with Crippen LogP contribution in [0.4, 0.5) is 0 Å². The van der Waals surface area contributed by atoms with E-state index in [0.29, 0.717) is 24.0 Å². The molecule has 0 aliphatic heterocycles. The molecular weight excluding hydrogens is 457 g/mol. The smallest absolute Gasteiger partial charge is 0.439 e. The van der Waals surface area contributed by atoms with Crippen molar-refractivity contribution in [2.24, 2.45) is 5.92 Å². The van der Waals surface area contributed by atoms with Crippen molar-refractivity contribution in [2.45, 2.75) is 44.1 Å². The van der Waals surface area contributed by atoms with Crippen LogP contribution in [0.25, 0.3) is 0 Å². The molecule has 1 aliphatic carbocycles. The molecule has 1 heterocycles. The third kappa shape index (κ3) is 7.16. The van der Waals surface area contributed by atoms with Crippen molar-refractivity contribution in [3.8, 4) is 11.6 Å². The van der Waals surface area contributed by atoms with Gasteiger partial charge in [0.2, 0.25) is 11.8 Å². The van der Waals surface area contributed by atoms with Crippen molar-refractivity contribution in [1.29, 1.82) is 0 Å². The Kier molecular flexibility index (Phi) is 8.70. The van der Waals surface area contributed by atoms with Gasteiger partial charge in [0.05, 0.1) is 11.5 Å². The van der Waals surface area contributed by atoms with Gasteiger partial charge in [0.15, 0.2) is 0 Å². The fourth-order valence-corrected chi connectivity index (χ4v) is 4.11. The first-order chi connectivity index (χ1) is 17.5. The molecule has 2 amide bonds. The second kappa shape index (κ2) is 12.3. The quantitative estimate of drug-likeness (QED) is 0.309. The van der Waals surface area contributed by atoms with Crippen LogP contribution in [0.5, 0.6) is 11.6 Å². The summed E-state index contributed by atoms with van der Waals surface area (Å²) < 4.78 is 5.67. The van der Waals surface area contributed by atoms with Gasteiger partial charge in [-0.3, -0.25) is 9.59 Å². The van der Waals surface area contributed by atoms with E-state index in [0.717, 1.165) is 24.8 Å². The minimum Gasteiger partial charge on any atom is -0.439 e. The molecule has 2 atom stereocenters. The highest BCUT2D eigenvalue weighted by atomic mass is 16.5. The molecule has 2 aromatic carbocycles. The van der Waals surface area contributed by atoms with Gasteiger partial charge >= 0.3 is 7.12 Å². The Morgan fingerprint density at radius 1 is 0.972 bits per heavy atom. The van der Waals surface area contributed by atoms with Crippen molar-refractivity contribution in [3.63, 3.8) is 0 Å². The number of carbonyl (C=O) groups is 2. The van der Waals surface area contributed by atoms with Crippen LogP contribution in [-0.4, -0.2) is 45.9 Å². The van der Waals surface area contributed by atoms with Gasteiger partial charge in [0.1, 0.15) is 11.8 Å². The summed E-state index contributed by atoms with van der Waals surface area (Å²) in [5.41, 5.74) is 1.14. The van der Waals surface area contributed by atoms with Crippen molar-refractivity contribution in [3.05, 3.63) is 90.1 Å². The van der Waals surface area contributed by atoms with E-state index in [2.05, 4.69) is 15.6 Å². The number of nitrogens with one attached hydrogen (secondary N) is 2. The number of hydrogen-bond acceptors (Lipinski definition) is 6. The van der Waals surface area contributed by atoms with E-state index < -0.39 is 30.9 Å². The first-order valence-corrected chi connectivity index (χ1v) is 12.2. The van der Waals surface area contributed by atoms with Crippen molar-refractivity contribution in [1.82, 2.24) is 15.6 Å². The number of aromatic nitrogens is 1. The van der Waals surface area contributed by atoms with Crippen molar-refractivity contribution >= 4 is 18.9 Å². The Hall–Kier alpha value is -3.69. The number of rotatable bonds is 11. The lowest BCUT2D eigenvalue weighted by atomic mass is 9.69. The summed E-state index contributed by atoms with van der Waals surface area (Å²) in [5, 5.41) is 25.2. The maximum Gasteiger partial charge on any atom is 0.475 e. The first kappa shape index (κ1) is 25.4. The highest BCUT2D eigenvalue weighted by Gasteiger charge is 2.33. The van der Waals surface area contributed by atoms with Crippen LogP contribution in [-0.2, 0) is 11.2 Å². The van der Waals surface area contributed by atoms with Gasteiger partial charge < -0.3 is 25.4 Å². The number of nitrogens with zero attached hydrogens (tertiary/aromatic N) is 1. The number of hydrogen-bond donors (Lipinski definition) is 4. The number of amides is 2. The fraction of sp³-hybridized carbons (Fsp3) is 0.296. The van der Waals surface area contributed by atoms with Gasteiger partial charge in [-0.1, -0.05) is 67.8 Å². The fourth-order valence-electron chi connectivity index (χ4n) is 4.11. The molecule has 0 radical (unpaired) electrons. The Morgan fingerprint density at radius 2 is 1.67 bits per heavy atom. The lowest BCUT2D eigenvalue weighted by molar-refractivity contribution is -0.123. The number of para-hydroxylation sites is 1. The minimum absolute atomic E-state index is 0.249. The summed E-state index contributed by atoms with van der Waals surface area (Å²) in [6.45, 7) is 0. The van der Waals surface area contributed by atoms with Crippen LogP contribution in [0.1, 0.15) is 41.6 Å². The predicted octanol–water partition coefficient (Wildman–Crippen LogP) is 2.90. The Balaban J connectivity index is 1.44. The van der Waals surface area contributed by atoms with E-state index in [1.165, 1.54) is 6.20 Å². The van der Waals surface area contributed by atoms with Gasteiger partial charge in [-0.05, 0) is 36.1 Å². The zero-order valence-electron chi connectivity index (χ0n) is 19.9. The monoisotopic (exact) mass is 487 g/mol. The maximum absolute atomic E-state index is 13.2. The van der Waals surface area contributed by atoms with Crippen LogP contribution in [0.15, 0.2) is 79.0 Å². The molecule has 0 unspecified atom stereocenters. The summed E-state index contributed by atoms with van der Waals surface area (Å²) in [6.07, 6.45) is 5.27. The topological polar surface area (TPSA) is 121 Å². The number of benzene rings is 2. The van der Waals surface area contributed by atoms with Gasteiger partial charge in [-0.25, -0.2) is 4.98 Å². The third-order valence-corrected chi connectivity index (χ3v) is 6.37. The first-order valence-electron chi connectivity index (χ1n) is 12.2. The number of pyridine rings is 1. The van der Waals surface area contributed by atoms with E-state index in [9.17, 15) is 19.6 Å². The van der Waals surface area contributed by atoms with Gasteiger partial charge in [0.25, 0.3) is 5.91 Å². The molecule has 9 heteroatoms. The largest absolute Gasteiger partial charge is 0.475 e. The molecule has 0 spiro atoms. The van der Waals surface area contributed by atoms with E-state index in [-0.39, 0.29) is 12.0 Å². The van der Waals surface area contributed by atoms with E-state index >= 15 is 0 Å². The molecule has 1 saturated carbocycles. The molecule has 1 aliphatic rings. The molecule has 0 saturated heterocycles. The SMILES string of the molecule is O=C(N[C@@H](Cc1ccccc1)C(=O)N[C@@H](CC1CCC1)B(O)O)c1ccc(Oc2ccccc2)nc1. The predicted molar refractivity (Wildman–Crippen MR) is 136 cm³/mol. The van der Waals surface area contributed by atoms with Crippen molar-refractivity contribution < 1.29 is 24.4 Å². The maximum atomic E-state index is 13.2. The average molecular weight is 487 g/mol. The molecule has 0 bridgehead atoms. The normalized spacial score (nSPS) is 14.7. The zero-order valence-corrected chi connectivity index (χ0v) is 19.9. The van der Waals surface area contributed by atoms with Gasteiger partial charge in [0, 0.05) is 18.7 Å². The highest BCUT2D eigenvalue weighted by Crippen LogP contribution is 2.30. The summed E-state index contributed by atoms with van der Waals surface area (Å²) in [7, 11) is -1.68. The molecule has 1 fully saturated rings. The minimum atomic E-state index is -1.68. The van der Waals surface area contributed by atoms with Crippen LogP contribution in [0.3, 0.4) is 0 Å². The molecule has 4 rings (SSSR count). The third-order valence-electron chi connectivity index (χ3n) is 6.37. The zero-order chi connectivity index (χ0) is 25.3. The number of carbonyl (C=O) groups excluding carboxylic acids is 2. The number of ether oxygens (including phenoxy) is 1. The molecule has 3 aromatic rings. The lowest BCUT2D eigenvalue weighted by Gasteiger charge is -2.30. The summed E-state index contributed by atoms with van der Waals surface area (Å²) in [5.74, 6) is -0.404. The summed E-state index contributed by atoms with van der Waals surface area (Å²) >= 11 is 0. The Morgan fingerprint density at radius 3 is 2.25 bits per heavy atom. The Labute approximate surface area is 210 Å². The average Bonchev–Trinajstić information content (AvgIpc) is 2.86.